The van der Waals surface area contributed by atoms with Crippen molar-refractivity contribution in [1.82, 2.24) is 0 Å². The first-order valence-corrected chi connectivity index (χ1v) is 6.95. The van der Waals surface area contributed by atoms with Gasteiger partial charge in [-0.1, -0.05) is 17.3 Å². The number of carbonyl (C=O) groups excluding carboxylic acids is 1. The van der Waals surface area contributed by atoms with E-state index in [4.69, 9.17) is 9.57 Å². The summed E-state index contributed by atoms with van der Waals surface area (Å²) in [5.74, 6) is 0.116. The second-order valence-corrected chi connectivity index (χ2v) is 5.11. The highest BCUT2D eigenvalue weighted by Gasteiger charge is 2.20. The first-order valence-electron chi connectivity index (χ1n) is 6.95. The molecule has 1 aromatic carbocycles. The molecule has 106 valence electrons. The van der Waals surface area contributed by atoms with Gasteiger partial charge in [0.25, 0.3) is 0 Å². The van der Waals surface area contributed by atoms with Crippen LogP contribution in [0.25, 0.3) is 0 Å². The van der Waals surface area contributed by atoms with Crippen molar-refractivity contribution in [3.05, 3.63) is 29.8 Å². The number of benzene rings is 1. The van der Waals surface area contributed by atoms with Crippen LogP contribution in [0.15, 0.2) is 29.4 Å². The van der Waals surface area contributed by atoms with E-state index in [2.05, 4.69) is 5.16 Å². The van der Waals surface area contributed by atoms with Crippen LogP contribution in [0.3, 0.4) is 0 Å². The van der Waals surface area contributed by atoms with E-state index >= 15 is 0 Å². The van der Waals surface area contributed by atoms with Crippen molar-refractivity contribution in [3.63, 3.8) is 0 Å². The number of rotatable bonds is 2. The highest BCUT2D eigenvalue weighted by molar-refractivity contribution is 6.02. The molecule has 5 nitrogen and oxygen atoms in total. The summed E-state index contributed by atoms with van der Waals surface area (Å²) in [6.07, 6.45) is 1.42. The largest absolute Gasteiger partial charge is 0.392 e. The Labute approximate surface area is 118 Å². The zero-order chi connectivity index (χ0) is 13.9. The van der Waals surface area contributed by atoms with Gasteiger partial charge in [0, 0.05) is 18.7 Å². The minimum absolute atomic E-state index is 0.116. The molecule has 20 heavy (non-hydrogen) atoms. The molecule has 2 heterocycles. The molecule has 0 aliphatic carbocycles. The Hall–Kier alpha value is -1.88. The molecule has 0 aromatic heterocycles. The van der Waals surface area contributed by atoms with Crippen molar-refractivity contribution in [2.24, 2.45) is 5.16 Å². The van der Waals surface area contributed by atoms with Crippen LogP contribution in [0, 0.1) is 0 Å². The average Bonchev–Trinajstić information content (AvgIpc) is 2.78. The summed E-state index contributed by atoms with van der Waals surface area (Å²) in [5.41, 5.74) is 2.93. The zero-order valence-electron chi connectivity index (χ0n) is 11.5. The van der Waals surface area contributed by atoms with E-state index in [1.807, 2.05) is 31.2 Å². The van der Waals surface area contributed by atoms with Crippen molar-refractivity contribution in [2.45, 2.75) is 25.9 Å². The minimum Gasteiger partial charge on any atom is -0.392 e. The number of nitrogens with zero attached hydrogens (tertiary/aromatic N) is 2. The maximum atomic E-state index is 12.0. The van der Waals surface area contributed by atoms with E-state index in [0.29, 0.717) is 26.2 Å². The first-order chi connectivity index (χ1) is 9.74. The normalized spacial score (nSPS) is 23.2. The summed E-state index contributed by atoms with van der Waals surface area (Å²) in [7, 11) is 0. The number of hydrogen-bond acceptors (Lipinski definition) is 4. The highest BCUT2D eigenvalue weighted by atomic mass is 16.6. The van der Waals surface area contributed by atoms with Gasteiger partial charge in [-0.2, -0.15) is 0 Å². The van der Waals surface area contributed by atoms with E-state index in [1.54, 1.807) is 4.90 Å². The van der Waals surface area contributed by atoms with Gasteiger partial charge in [0.1, 0.15) is 6.10 Å². The second-order valence-electron chi connectivity index (χ2n) is 5.11. The summed E-state index contributed by atoms with van der Waals surface area (Å²) < 4.78 is 5.34. The molecule has 0 saturated carbocycles. The summed E-state index contributed by atoms with van der Waals surface area (Å²) >= 11 is 0. The standard InChI is InChI=1S/C15H18N2O3/c1-11-10-14(16-20-11)12-2-4-13(5-3-12)17-7-9-19-8-6-15(17)18/h2-5,11H,6-10H2,1H3. The summed E-state index contributed by atoms with van der Waals surface area (Å²) in [4.78, 5) is 19.0. The summed E-state index contributed by atoms with van der Waals surface area (Å²) in [5, 5.41) is 4.08. The van der Waals surface area contributed by atoms with Gasteiger partial charge >= 0.3 is 0 Å². The zero-order valence-corrected chi connectivity index (χ0v) is 11.5. The molecule has 5 heteroatoms. The van der Waals surface area contributed by atoms with Crippen LogP contribution in [-0.4, -0.2) is 37.5 Å². The Bertz CT molecular complexity index is 524. The van der Waals surface area contributed by atoms with E-state index in [-0.39, 0.29) is 12.0 Å². The van der Waals surface area contributed by atoms with Gasteiger partial charge in [0.05, 0.1) is 25.3 Å². The van der Waals surface area contributed by atoms with Crippen LogP contribution in [0.2, 0.25) is 0 Å². The van der Waals surface area contributed by atoms with Crippen LogP contribution in [0.4, 0.5) is 5.69 Å². The van der Waals surface area contributed by atoms with Crippen LogP contribution in [0.5, 0.6) is 0 Å². The fourth-order valence-corrected chi connectivity index (χ4v) is 2.45. The lowest BCUT2D eigenvalue weighted by Crippen LogP contribution is -2.31. The molecule has 3 rings (SSSR count). The molecule has 1 fully saturated rings. The Balaban J connectivity index is 1.77. The first kappa shape index (κ1) is 13.1. The van der Waals surface area contributed by atoms with Crippen LogP contribution in [0.1, 0.15) is 25.3 Å². The molecule has 1 atom stereocenters. The Morgan fingerprint density at radius 2 is 2.05 bits per heavy atom. The van der Waals surface area contributed by atoms with E-state index in [0.717, 1.165) is 23.4 Å². The fourth-order valence-electron chi connectivity index (χ4n) is 2.45. The molecule has 0 radical (unpaired) electrons. The lowest BCUT2D eigenvalue weighted by Gasteiger charge is -2.20. The molecule has 2 aliphatic heterocycles. The number of carbonyl (C=O) groups is 1. The Morgan fingerprint density at radius 1 is 1.25 bits per heavy atom. The van der Waals surface area contributed by atoms with Crippen molar-refractivity contribution in [3.8, 4) is 0 Å². The number of ether oxygens (including phenoxy) is 1. The molecule has 1 amide bonds. The Morgan fingerprint density at radius 3 is 2.75 bits per heavy atom. The van der Waals surface area contributed by atoms with Crippen molar-refractivity contribution < 1.29 is 14.4 Å². The molecule has 0 N–H and O–H groups in total. The van der Waals surface area contributed by atoms with Gasteiger partial charge in [-0.15, -0.1) is 0 Å². The lowest BCUT2D eigenvalue weighted by molar-refractivity contribution is -0.118. The quantitative estimate of drug-likeness (QED) is 0.828. The van der Waals surface area contributed by atoms with E-state index in [9.17, 15) is 4.79 Å². The minimum atomic E-state index is 0.116. The van der Waals surface area contributed by atoms with Gasteiger partial charge in [-0.3, -0.25) is 4.79 Å². The smallest absolute Gasteiger partial charge is 0.229 e. The lowest BCUT2D eigenvalue weighted by atomic mass is 10.1. The van der Waals surface area contributed by atoms with Crippen molar-refractivity contribution in [1.29, 1.82) is 0 Å². The van der Waals surface area contributed by atoms with Gasteiger partial charge in [0.2, 0.25) is 5.91 Å². The van der Waals surface area contributed by atoms with E-state index in [1.165, 1.54) is 0 Å². The number of amides is 1. The fraction of sp³-hybridized carbons (Fsp3) is 0.467. The number of anilines is 1. The van der Waals surface area contributed by atoms with Crippen LogP contribution in [-0.2, 0) is 14.4 Å². The molecule has 1 aromatic rings. The SMILES string of the molecule is CC1CC(c2ccc(N3CCOCCC3=O)cc2)=NO1. The number of oxime groups is 1. The van der Waals surface area contributed by atoms with Crippen LogP contribution >= 0.6 is 0 Å². The third-order valence-electron chi connectivity index (χ3n) is 3.56. The van der Waals surface area contributed by atoms with Crippen LogP contribution < -0.4 is 4.90 Å². The molecular weight excluding hydrogens is 256 g/mol. The Kier molecular flexibility index (Phi) is 3.69. The summed E-state index contributed by atoms with van der Waals surface area (Å²) in [6.45, 7) is 3.71. The predicted octanol–water partition coefficient (Wildman–Crippen LogP) is 1.95. The number of hydrogen-bond donors (Lipinski definition) is 0. The van der Waals surface area contributed by atoms with Gasteiger partial charge < -0.3 is 14.5 Å². The van der Waals surface area contributed by atoms with Gasteiger partial charge in [0.15, 0.2) is 0 Å². The maximum absolute atomic E-state index is 12.0. The monoisotopic (exact) mass is 274 g/mol. The third kappa shape index (κ3) is 2.67. The molecule has 0 spiro atoms. The molecule has 1 saturated heterocycles. The highest BCUT2D eigenvalue weighted by Crippen LogP contribution is 2.21. The van der Waals surface area contributed by atoms with Crippen molar-refractivity contribution in [2.75, 3.05) is 24.7 Å². The second kappa shape index (κ2) is 5.63. The topological polar surface area (TPSA) is 51.1 Å². The molecule has 2 aliphatic rings. The average molecular weight is 274 g/mol. The molecular formula is C15H18N2O3. The van der Waals surface area contributed by atoms with E-state index < -0.39 is 0 Å². The van der Waals surface area contributed by atoms with Gasteiger partial charge in [-0.25, -0.2) is 0 Å². The summed E-state index contributed by atoms with van der Waals surface area (Å²) in [6, 6.07) is 7.91. The van der Waals surface area contributed by atoms with Gasteiger partial charge in [-0.05, 0) is 24.6 Å². The molecule has 0 bridgehead atoms. The third-order valence-corrected chi connectivity index (χ3v) is 3.56. The predicted molar refractivity (Wildman–Crippen MR) is 75.9 cm³/mol. The molecule has 1 unspecified atom stereocenters. The maximum Gasteiger partial charge on any atom is 0.229 e. The van der Waals surface area contributed by atoms with Crippen molar-refractivity contribution >= 4 is 17.3 Å².